The monoisotopic (exact) mass is 675 g/mol. The number of hydrogen-bond acceptors (Lipinski definition) is 4. The maximum atomic E-state index is 6.80. The van der Waals surface area contributed by atoms with Crippen molar-refractivity contribution in [2.75, 3.05) is 0 Å². The minimum Gasteiger partial charge on any atom is -0.455 e. The highest BCUT2D eigenvalue weighted by molar-refractivity contribution is 6.20. The van der Waals surface area contributed by atoms with E-state index in [4.69, 9.17) is 19.4 Å². The van der Waals surface area contributed by atoms with Crippen LogP contribution in [0.4, 0.5) is 0 Å². The third-order valence-electron chi connectivity index (χ3n) is 10.5. The summed E-state index contributed by atoms with van der Waals surface area (Å²) in [5, 5.41) is 11.3. The number of hydrogen-bond donors (Lipinski definition) is 0. The van der Waals surface area contributed by atoms with Crippen molar-refractivity contribution in [1.82, 2.24) is 15.0 Å². The summed E-state index contributed by atoms with van der Waals surface area (Å²) < 4.78 is 6.80. The summed E-state index contributed by atoms with van der Waals surface area (Å²) in [7, 11) is 0. The third kappa shape index (κ3) is 4.80. The molecule has 0 fully saturated rings. The maximum absolute atomic E-state index is 6.80. The van der Waals surface area contributed by atoms with Crippen LogP contribution in [0.25, 0.3) is 110 Å². The Morgan fingerprint density at radius 1 is 0.321 bits per heavy atom. The van der Waals surface area contributed by atoms with Crippen LogP contribution in [0.1, 0.15) is 0 Å². The van der Waals surface area contributed by atoms with Crippen LogP contribution in [0, 0.1) is 0 Å². The highest BCUT2D eigenvalue weighted by atomic mass is 16.3. The second-order valence-corrected chi connectivity index (χ2v) is 13.6. The first-order chi connectivity index (χ1) is 26.2. The van der Waals surface area contributed by atoms with Gasteiger partial charge < -0.3 is 4.42 Å². The molecule has 0 saturated carbocycles. The molecule has 4 nitrogen and oxygen atoms in total. The molecule has 0 bridgehead atoms. The second-order valence-electron chi connectivity index (χ2n) is 13.6. The predicted octanol–water partition coefficient (Wildman–Crippen LogP) is 13.1. The molecule has 4 heteroatoms. The summed E-state index contributed by atoms with van der Waals surface area (Å²) in [4.78, 5) is 15.8. The Morgan fingerprint density at radius 2 is 0.943 bits per heavy atom. The Labute approximate surface area is 304 Å². The highest BCUT2D eigenvalue weighted by Gasteiger charge is 2.20. The van der Waals surface area contributed by atoms with Crippen molar-refractivity contribution in [1.29, 1.82) is 0 Å². The molecule has 0 radical (unpaired) electrons. The zero-order valence-corrected chi connectivity index (χ0v) is 28.5. The van der Waals surface area contributed by atoms with Crippen LogP contribution in [-0.4, -0.2) is 15.0 Å². The second kappa shape index (κ2) is 11.7. The maximum Gasteiger partial charge on any atom is 0.164 e. The van der Waals surface area contributed by atoms with E-state index >= 15 is 0 Å². The summed E-state index contributed by atoms with van der Waals surface area (Å²) in [5.74, 6) is 1.82. The Kier molecular flexibility index (Phi) is 6.52. The molecular formula is C49H29N3O. The van der Waals surface area contributed by atoms with E-state index in [2.05, 4.69) is 170 Å². The molecule has 0 spiro atoms. The molecule has 0 saturated heterocycles. The Bertz CT molecular complexity index is 3240. The van der Waals surface area contributed by atoms with E-state index in [9.17, 15) is 0 Å². The van der Waals surface area contributed by atoms with E-state index < -0.39 is 0 Å². The zero-order valence-electron chi connectivity index (χ0n) is 28.5. The van der Waals surface area contributed by atoms with Gasteiger partial charge in [-0.15, -0.1) is 0 Å². The third-order valence-corrected chi connectivity index (χ3v) is 10.5. The fourth-order valence-electron chi connectivity index (χ4n) is 7.93. The number of furan rings is 1. The van der Waals surface area contributed by atoms with E-state index in [0.29, 0.717) is 17.5 Å². The lowest BCUT2D eigenvalue weighted by Crippen LogP contribution is -2.01. The van der Waals surface area contributed by atoms with Crippen molar-refractivity contribution in [3.8, 4) is 45.3 Å². The molecule has 0 N–H and O–H groups in total. The lowest BCUT2D eigenvalue weighted by Gasteiger charge is -2.13. The van der Waals surface area contributed by atoms with Crippen molar-refractivity contribution in [2.24, 2.45) is 0 Å². The smallest absolute Gasteiger partial charge is 0.164 e. The van der Waals surface area contributed by atoms with Gasteiger partial charge in [0.2, 0.25) is 0 Å². The number of rotatable bonds is 4. The van der Waals surface area contributed by atoms with Gasteiger partial charge in [0.25, 0.3) is 0 Å². The van der Waals surface area contributed by atoms with Gasteiger partial charge in [0.1, 0.15) is 11.2 Å². The van der Waals surface area contributed by atoms with E-state index in [1.54, 1.807) is 0 Å². The first kappa shape index (κ1) is 29.5. The molecular weight excluding hydrogens is 647 g/mol. The van der Waals surface area contributed by atoms with Crippen LogP contribution in [0.3, 0.4) is 0 Å². The summed E-state index contributed by atoms with van der Waals surface area (Å²) in [6.45, 7) is 0. The largest absolute Gasteiger partial charge is 0.455 e. The molecule has 0 atom stereocenters. The lowest BCUT2D eigenvalue weighted by molar-refractivity contribution is 0.673. The van der Waals surface area contributed by atoms with Crippen LogP contribution < -0.4 is 0 Å². The number of benzene rings is 9. The van der Waals surface area contributed by atoms with E-state index in [1.807, 2.05) is 6.07 Å². The van der Waals surface area contributed by atoms with Crippen LogP contribution in [0.5, 0.6) is 0 Å². The fraction of sp³-hybridized carbons (Fsp3) is 0. The quantitative estimate of drug-likeness (QED) is 0.174. The SMILES string of the molecule is c1ccc(-c2cc(-c3nc(-c4ccc5ccccc5c4)nc(-c4cc5ccccc5c5ccccc45)n3)cc3oc4c5ccccc5ccc4c23)cc1. The van der Waals surface area contributed by atoms with Gasteiger partial charge in [0.15, 0.2) is 17.5 Å². The predicted molar refractivity (Wildman–Crippen MR) is 219 cm³/mol. The van der Waals surface area contributed by atoms with Gasteiger partial charge in [0, 0.05) is 32.8 Å². The molecule has 2 heterocycles. The van der Waals surface area contributed by atoms with Gasteiger partial charge in [-0.05, 0) is 79.2 Å². The van der Waals surface area contributed by atoms with E-state index in [-0.39, 0.29) is 0 Å². The lowest BCUT2D eigenvalue weighted by atomic mass is 9.95. The van der Waals surface area contributed by atoms with Crippen LogP contribution in [0.2, 0.25) is 0 Å². The average Bonchev–Trinajstić information content (AvgIpc) is 3.62. The standard InChI is InChI=1S/C49H29N3O/c1-2-13-31(14-3-1)42-28-36(29-44-45(42)41-25-24-32-15-6-9-19-38(32)46(41)53-44)48-50-47(35-23-22-30-12-4-5-16-33(30)26-35)51-49(52-48)43-27-34-17-7-8-18-37(34)39-20-10-11-21-40(39)43/h1-29H. The molecule has 246 valence electrons. The van der Waals surface area contributed by atoms with Gasteiger partial charge >= 0.3 is 0 Å². The molecule has 0 amide bonds. The molecule has 11 aromatic rings. The fourth-order valence-corrected chi connectivity index (χ4v) is 7.93. The minimum absolute atomic E-state index is 0.583. The molecule has 9 aromatic carbocycles. The van der Waals surface area contributed by atoms with Crippen molar-refractivity contribution < 1.29 is 4.42 Å². The van der Waals surface area contributed by atoms with Crippen LogP contribution in [-0.2, 0) is 0 Å². The summed E-state index contributed by atoms with van der Waals surface area (Å²) >= 11 is 0. The summed E-state index contributed by atoms with van der Waals surface area (Å²) in [5.41, 5.74) is 6.58. The van der Waals surface area contributed by atoms with Gasteiger partial charge in [-0.1, -0.05) is 146 Å². The molecule has 2 aromatic heterocycles. The van der Waals surface area contributed by atoms with Crippen molar-refractivity contribution >= 4 is 65.0 Å². The number of nitrogens with zero attached hydrogens (tertiary/aromatic N) is 3. The molecule has 0 aliphatic carbocycles. The normalized spacial score (nSPS) is 11.8. The molecule has 0 aliphatic rings. The molecule has 0 unspecified atom stereocenters. The molecule has 53 heavy (non-hydrogen) atoms. The van der Waals surface area contributed by atoms with E-state index in [0.717, 1.165) is 82.1 Å². The van der Waals surface area contributed by atoms with Crippen molar-refractivity contribution in [2.45, 2.75) is 0 Å². The van der Waals surface area contributed by atoms with Crippen molar-refractivity contribution in [3.05, 3.63) is 176 Å². The van der Waals surface area contributed by atoms with Crippen LogP contribution >= 0.6 is 0 Å². The topological polar surface area (TPSA) is 51.8 Å². The van der Waals surface area contributed by atoms with Gasteiger partial charge in [-0.3, -0.25) is 0 Å². The van der Waals surface area contributed by atoms with Gasteiger partial charge in [-0.2, -0.15) is 0 Å². The number of aromatic nitrogens is 3. The van der Waals surface area contributed by atoms with Gasteiger partial charge in [-0.25, -0.2) is 15.0 Å². The Morgan fingerprint density at radius 3 is 1.77 bits per heavy atom. The highest BCUT2D eigenvalue weighted by Crippen LogP contribution is 2.42. The minimum atomic E-state index is 0.583. The molecule has 11 rings (SSSR count). The Balaban J connectivity index is 1.22. The zero-order chi connectivity index (χ0) is 34.9. The number of fused-ring (bicyclic) bond motifs is 9. The molecule has 0 aliphatic heterocycles. The first-order valence-corrected chi connectivity index (χ1v) is 17.9. The van der Waals surface area contributed by atoms with Gasteiger partial charge in [0.05, 0.1) is 0 Å². The van der Waals surface area contributed by atoms with Crippen molar-refractivity contribution in [3.63, 3.8) is 0 Å². The summed E-state index contributed by atoms with van der Waals surface area (Å²) in [6, 6.07) is 61.6. The Hall–Kier alpha value is -7.17. The summed E-state index contributed by atoms with van der Waals surface area (Å²) in [6.07, 6.45) is 0. The average molecular weight is 676 g/mol. The van der Waals surface area contributed by atoms with Crippen LogP contribution in [0.15, 0.2) is 180 Å². The van der Waals surface area contributed by atoms with E-state index in [1.165, 1.54) is 10.8 Å². The first-order valence-electron chi connectivity index (χ1n) is 17.9.